The highest BCUT2D eigenvalue weighted by Crippen LogP contribution is 2.39. The monoisotopic (exact) mass is 335 g/mol. The van der Waals surface area contributed by atoms with Gasteiger partial charge in [0.2, 0.25) is 6.10 Å². The average molecular weight is 335 g/mol. The Morgan fingerprint density at radius 2 is 2.00 bits per heavy atom. The van der Waals surface area contributed by atoms with Crippen LogP contribution in [-0.2, 0) is 4.79 Å². The molecule has 1 amide bonds. The molecule has 2 aromatic rings. The number of nitrogens with zero attached hydrogens (tertiary/aromatic N) is 1. The maximum absolute atomic E-state index is 13.0. The van der Waals surface area contributed by atoms with Crippen LogP contribution in [0.25, 0.3) is 0 Å². The van der Waals surface area contributed by atoms with E-state index in [0.29, 0.717) is 30.0 Å². The highest BCUT2D eigenvalue weighted by Gasteiger charge is 2.35. The molecule has 4 heteroatoms. The molecule has 25 heavy (non-hydrogen) atoms. The van der Waals surface area contributed by atoms with Crippen molar-refractivity contribution in [1.29, 1.82) is 0 Å². The van der Waals surface area contributed by atoms with E-state index in [1.807, 2.05) is 37.3 Å². The summed E-state index contributed by atoms with van der Waals surface area (Å²) >= 11 is 0. The van der Waals surface area contributed by atoms with Crippen LogP contribution in [0.3, 0.4) is 0 Å². The van der Waals surface area contributed by atoms with Gasteiger partial charge in [-0.25, -0.2) is 0 Å². The predicted molar refractivity (Wildman–Crippen MR) is 98.0 cm³/mol. The number of Topliss-reactive ketones (excluding diaryl/α,β-unsaturated/α-hetero) is 1. The van der Waals surface area contributed by atoms with Gasteiger partial charge >= 0.3 is 0 Å². The summed E-state index contributed by atoms with van der Waals surface area (Å²) in [4.78, 5) is 26.8. The van der Waals surface area contributed by atoms with E-state index in [0.717, 1.165) is 12.0 Å². The number of carbonyl (C=O) groups excluding carboxylic acids is 2. The summed E-state index contributed by atoms with van der Waals surface area (Å²) in [5.74, 6) is 0.517. The molecule has 0 saturated heterocycles. The lowest BCUT2D eigenvalue weighted by molar-refractivity contribution is -0.126. The molecule has 0 fully saturated rings. The van der Waals surface area contributed by atoms with Crippen molar-refractivity contribution in [2.75, 3.05) is 11.4 Å². The third kappa shape index (κ3) is 3.33. The fourth-order valence-corrected chi connectivity index (χ4v) is 2.97. The highest BCUT2D eigenvalue weighted by molar-refractivity contribution is 6.03. The Hall–Kier alpha value is -2.88. The number of rotatable bonds is 6. The van der Waals surface area contributed by atoms with E-state index in [1.165, 1.54) is 0 Å². The van der Waals surface area contributed by atoms with Gasteiger partial charge in [-0.05, 0) is 24.6 Å². The van der Waals surface area contributed by atoms with Crippen LogP contribution in [-0.4, -0.2) is 18.2 Å². The number of anilines is 1. The van der Waals surface area contributed by atoms with Crippen molar-refractivity contribution in [2.24, 2.45) is 0 Å². The molecule has 128 valence electrons. The first-order valence-corrected chi connectivity index (χ1v) is 8.46. The van der Waals surface area contributed by atoms with E-state index in [2.05, 4.69) is 6.58 Å². The number of fused-ring (bicyclic) bond motifs is 1. The topological polar surface area (TPSA) is 46.6 Å². The lowest BCUT2D eigenvalue weighted by atomic mass is 10.0. The van der Waals surface area contributed by atoms with Gasteiger partial charge in [-0.3, -0.25) is 9.59 Å². The lowest BCUT2D eigenvalue weighted by Gasteiger charge is -2.34. The zero-order chi connectivity index (χ0) is 17.8. The van der Waals surface area contributed by atoms with Crippen molar-refractivity contribution in [1.82, 2.24) is 0 Å². The van der Waals surface area contributed by atoms with Gasteiger partial charge in [0, 0.05) is 24.1 Å². The summed E-state index contributed by atoms with van der Waals surface area (Å²) in [6, 6.07) is 14.7. The molecule has 0 radical (unpaired) electrons. The zero-order valence-corrected chi connectivity index (χ0v) is 14.3. The van der Waals surface area contributed by atoms with E-state index in [9.17, 15) is 9.59 Å². The molecule has 0 spiro atoms. The van der Waals surface area contributed by atoms with Gasteiger partial charge in [-0.2, -0.15) is 0 Å². The largest absolute Gasteiger partial charge is 0.474 e. The molecular formula is C21H21NO3. The number of hydrogen-bond donors (Lipinski definition) is 0. The maximum Gasteiger partial charge on any atom is 0.273 e. The van der Waals surface area contributed by atoms with Crippen LogP contribution >= 0.6 is 0 Å². The van der Waals surface area contributed by atoms with E-state index < -0.39 is 6.10 Å². The number of ketones is 1. The molecule has 1 aliphatic heterocycles. The fourth-order valence-electron chi connectivity index (χ4n) is 2.97. The molecule has 4 nitrogen and oxygen atoms in total. The van der Waals surface area contributed by atoms with E-state index in [-0.39, 0.29) is 11.7 Å². The van der Waals surface area contributed by atoms with Gasteiger partial charge in [0.15, 0.2) is 5.78 Å². The van der Waals surface area contributed by atoms with Gasteiger partial charge in [0.25, 0.3) is 5.91 Å². The summed E-state index contributed by atoms with van der Waals surface area (Å²) in [5.41, 5.74) is 2.03. The van der Waals surface area contributed by atoms with Crippen LogP contribution in [0.1, 0.15) is 41.8 Å². The minimum atomic E-state index is -0.689. The minimum absolute atomic E-state index is 0.0708. The fraction of sp³-hybridized carbons (Fsp3) is 0.238. The molecule has 1 unspecified atom stereocenters. The maximum atomic E-state index is 13.0. The minimum Gasteiger partial charge on any atom is -0.474 e. The Bertz CT molecular complexity index is 798. The Balaban J connectivity index is 2.02. The molecule has 0 saturated carbocycles. The number of hydrogen-bond acceptors (Lipinski definition) is 3. The molecule has 0 N–H and O–H groups in total. The molecule has 0 aliphatic carbocycles. The molecule has 2 aromatic carbocycles. The van der Waals surface area contributed by atoms with Gasteiger partial charge < -0.3 is 9.64 Å². The third-order valence-corrected chi connectivity index (χ3v) is 4.20. The smallest absolute Gasteiger partial charge is 0.273 e. The zero-order valence-electron chi connectivity index (χ0n) is 14.3. The second kappa shape index (κ2) is 7.34. The molecule has 3 rings (SSSR count). The molecule has 0 bridgehead atoms. The van der Waals surface area contributed by atoms with Gasteiger partial charge in [0.05, 0.1) is 5.69 Å². The lowest BCUT2D eigenvalue weighted by Crippen LogP contribution is -2.41. The SMILES string of the molecule is C=CCN1C(=O)C(c2ccccc2)Oc2ccc(C(=O)CCC)cc21. The van der Waals surface area contributed by atoms with E-state index in [4.69, 9.17) is 4.74 Å². The van der Waals surface area contributed by atoms with E-state index in [1.54, 1.807) is 29.2 Å². The van der Waals surface area contributed by atoms with Crippen molar-refractivity contribution >= 4 is 17.4 Å². The van der Waals surface area contributed by atoms with Gasteiger partial charge in [0.1, 0.15) is 5.75 Å². The molecule has 1 atom stereocenters. The van der Waals surface area contributed by atoms with E-state index >= 15 is 0 Å². The number of ether oxygens (including phenoxy) is 1. The Morgan fingerprint density at radius 1 is 1.24 bits per heavy atom. The van der Waals surface area contributed by atoms with Crippen LogP contribution in [0, 0.1) is 0 Å². The molecule has 0 aromatic heterocycles. The highest BCUT2D eigenvalue weighted by atomic mass is 16.5. The van der Waals surface area contributed by atoms with Crippen LogP contribution in [0.5, 0.6) is 5.75 Å². The first kappa shape index (κ1) is 17.0. The number of amides is 1. The first-order chi connectivity index (χ1) is 12.2. The predicted octanol–water partition coefficient (Wildman–Crippen LogP) is 4.32. The van der Waals surface area contributed by atoms with Crippen molar-refractivity contribution in [3.8, 4) is 5.75 Å². The standard InChI is InChI=1S/C21H21NO3/c1-3-8-18(23)16-11-12-19-17(14-16)22(13-4-2)21(24)20(25-19)15-9-6-5-7-10-15/h4-7,9-12,14,20H,2-3,8,13H2,1H3. The Labute approximate surface area is 147 Å². The second-order valence-corrected chi connectivity index (χ2v) is 6.00. The summed E-state index contributed by atoms with van der Waals surface area (Å²) in [6.45, 7) is 6.08. The van der Waals surface area contributed by atoms with Crippen LogP contribution in [0.4, 0.5) is 5.69 Å². The Kier molecular flexibility index (Phi) is 4.98. The van der Waals surface area contributed by atoms with Crippen molar-refractivity contribution in [2.45, 2.75) is 25.9 Å². The average Bonchev–Trinajstić information content (AvgIpc) is 2.64. The summed E-state index contributed by atoms with van der Waals surface area (Å²) < 4.78 is 5.96. The van der Waals surface area contributed by atoms with Crippen molar-refractivity contribution in [3.05, 3.63) is 72.3 Å². The second-order valence-electron chi connectivity index (χ2n) is 6.00. The van der Waals surface area contributed by atoms with Crippen LogP contribution < -0.4 is 9.64 Å². The quantitative estimate of drug-likeness (QED) is 0.583. The summed E-state index contributed by atoms with van der Waals surface area (Å²) in [6.07, 6.45) is 2.26. The third-order valence-electron chi connectivity index (χ3n) is 4.20. The Morgan fingerprint density at radius 3 is 2.68 bits per heavy atom. The summed E-state index contributed by atoms with van der Waals surface area (Å²) in [5, 5.41) is 0. The summed E-state index contributed by atoms with van der Waals surface area (Å²) in [7, 11) is 0. The normalized spacial score (nSPS) is 16.1. The number of carbonyl (C=O) groups is 2. The van der Waals surface area contributed by atoms with Crippen molar-refractivity contribution in [3.63, 3.8) is 0 Å². The van der Waals surface area contributed by atoms with Crippen LogP contribution in [0.15, 0.2) is 61.2 Å². The molecule has 1 aliphatic rings. The van der Waals surface area contributed by atoms with Crippen molar-refractivity contribution < 1.29 is 14.3 Å². The van der Waals surface area contributed by atoms with Crippen LogP contribution in [0.2, 0.25) is 0 Å². The van der Waals surface area contributed by atoms with Gasteiger partial charge in [-0.1, -0.05) is 43.3 Å². The van der Waals surface area contributed by atoms with Gasteiger partial charge in [-0.15, -0.1) is 6.58 Å². The number of benzene rings is 2. The molecule has 1 heterocycles. The molecular weight excluding hydrogens is 314 g/mol. The first-order valence-electron chi connectivity index (χ1n) is 8.46.